The number of amides is 1. The number of nitrogens with two attached hydrogens (primary N) is 2. The van der Waals surface area contributed by atoms with Crippen molar-refractivity contribution in [2.75, 3.05) is 6.54 Å². The van der Waals surface area contributed by atoms with E-state index in [0.29, 0.717) is 6.42 Å². The van der Waals surface area contributed by atoms with E-state index >= 15 is 0 Å². The van der Waals surface area contributed by atoms with Crippen LogP contribution in [0.2, 0.25) is 0 Å². The van der Waals surface area contributed by atoms with Crippen molar-refractivity contribution in [1.82, 2.24) is 0 Å². The molecule has 0 aliphatic carbocycles. The van der Waals surface area contributed by atoms with E-state index in [9.17, 15) is 4.79 Å². The zero-order valence-corrected chi connectivity index (χ0v) is 18.7. The van der Waals surface area contributed by atoms with Crippen molar-refractivity contribution in [3.05, 3.63) is 12.2 Å². The summed E-state index contributed by atoms with van der Waals surface area (Å²) in [6, 6.07) is 0. The Morgan fingerprint density at radius 3 is 1.52 bits per heavy atom. The van der Waals surface area contributed by atoms with Gasteiger partial charge in [-0.25, -0.2) is 0 Å². The van der Waals surface area contributed by atoms with Crippen LogP contribution in [0.4, 0.5) is 0 Å². The summed E-state index contributed by atoms with van der Waals surface area (Å²) in [6.45, 7) is 5.14. The molecule has 0 atom stereocenters. The van der Waals surface area contributed by atoms with E-state index in [2.05, 4.69) is 26.0 Å². The van der Waals surface area contributed by atoms with Gasteiger partial charge in [-0.15, -0.1) is 17.0 Å². The van der Waals surface area contributed by atoms with Crippen molar-refractivity contribution < 1.29 is 4.79 Å². The van der Waals surface area contributed by atoms with E-state index in [1.165, 1.54) is 70.6 Å². The van der Waals surface area contributed by atoms with Gasteiger partial charge in [-0.2, -0.15) is 0 Å². The SMILES string of the molecule is Br.CCCCCCCC/C=C\CCCCCCCC(N)=O.CCCN. The lowest BCUT2D eigenvalue weighted by molar-refractivity contribution is -0.118. The summed E-state index contributed by atoms with van der Waals surface area (Å²) in [5.41, 5.74) is 10.1. The van der Waals surface area contributed by atoms with Crippen LogP contribution in [0.15, 0.2) is 12.2 Å². The molecule has 1 amide bonds. The lowest BCUT2D eigenvalue weighted by Gasteiger charge is -1.99. The van der Waals surface area contributed by atoms with E-state index in [0.717, 1.165) is 25.8 Å². The highest BCUT2D eigenvalue weighted by molar-refractivity contribution is 8.93. The van der Waals surface area contributed by atoms with Crippen LogP contribution in [0, 0.1) is 0 Å². The molecule has 152 valence electrons. The highest BCUT2D eigenvalue weighted by Crippen LogP contribution is 2.09. The van der Waals surface area contributed by atoms with Crippen LogP contribution >= 0.6 is 17.0 Å². The summed E-state index contributed by atoms with van der Waals surface area (Å²) in [7, 11) is 0. The van der Waals surface area contributed by atoms with Crippen LogP contribution in [0.25, 0.3) is 0 Å². The summed E-state index contributed by atoms with van der Waals surface area (Å²) < 4.78 is 0. The molecule has 4 N–H and O–H groups in total. The van der Waals surface area contributed by atoms with Gasteiger partial charge in [0.05, 0.1) is 0 Å². The second kappa shape index (κ2) is 28.5. The van der Waals surface area contributed by atoms with Crippen molar-refractivity contribution in [2.24, 2.45) is 11.5 Å². The first-order valence-electron chi connectivity index (χ1n) is 10.3. The minimum Gasteiger partial charge on any atom is -0.370 e. The fourth-order valence-electron chi connectivity index (χ4n) is 2.37. The van der Waals surface area contributed by atoms with Gasteiger partial charge in [-0.1, -0.05) is 77.4 Å². The van der Waals surface area contributed by atoms with Crippen molar-refractivity contribution in [3.63, 3.8) is 0 Å². The molecule has 0 bridgehead atoms. The van der Waals surface area contributed by atoms with Crippen molar-refractivity contribution in [1.29, 1.82) is 0 Å². The van der Waals surface area contributed by atoms with Crippen molar-refractivity contribution in [2.45, 2.75) is 110 Å². The standard InChI is InChI=1S/C18H35NO.C3H9N.BrH/c1-2-3-4-5-6-7-8-9-10-11-12-13-14-15-16-17-18(19)20;1-2-3-4;/h9-10H,2-8,11-17H2,1H3,(H2,19,20);2-4H2,1H3;1H/b10-9-;;. The molecule has 0 fully saturated rings. The third-order valence-electron chi connectivity index (χ3n) is 3.97. The average molecular weight is 422 g/mol. The van der Waals surface area contributed by atoms with Gasteiger partial charge in [0.25, 0.3) is 0 Å². The fourth-order valence-corrected chi connectivity index (χ4v) is 2.37. The van der Waals surface area contributed by atoms with E-state index in [1.54, 1.807) is 0 Å². The van der Waals surface area contributed by atoms with Crippen LogP contribution in [-0.4, -0.2) is 12.5 Å². The van der Waals surface area contributed by atoms with Crippen LogP contribution in [0.3, 0.4) is 0 Å². The van der Waals surface area contributed by atoms with Gasteiger partial charge < -0.3 is 11.5 Å². The molecule has 0 aliphatic heterocycles. The topological polar surface area (TPSA) is 69.1 Å². The smallest absolute Gasteiger partial charge is 0.217 e. The molecule has 0 saturated carbocycles. The Bertz CT molecular complexity index is 269. The van der Waals surface area contributed by atoms with Crippen LogP contribution < -0.4 is 11.5 Å². The molecule has 0 radical (unpaired) electrons. The number of hydrogen-bond donors (Lipinski definition) is 2. The normalized spacial score (nSPS) is 10.2. The molecule has 0 spiro atoms. The summed E-state index contributed by atoms with van der Waals surface area (Å²) in [5, 5.41) is 0. The van der Waals surface area contributed by atoms with E-state index in [-0.39, 0.29) is 22.9 Å². The first kappa shape index (κ1) is 29.4. The Morgan fingerprint density at radius 1 is 0.720 bits per heavy atom. The third kappa shape index (κ3) is 35.6. The van der Waals surface area contributed by atoms with Crippen LogP contribution in [0.5, 0.6) is 0 Å². The minimum absolute atomic E-state index is 0. The highest BCUT2D eigenvalue weighted by Gasteiger charge is 1.94. The Morgan fingerprint density at radius 2 is 1.12 bits per heavy atom. The second-order valence-corrected chi connectivity index (χ2v) is 6.59. The van der Waals surface area contributed by atoms with Gasteiger partial charge in [0, 0.05) is 6.42 Å². The van der Waals surface area contributed by atoms with Gasteiger partial charge in [-0.3, -0.25) is 4.79 Å². The Hall–Kier alpha value is -0.350. The van der Waals surface area contributed by atoms with Gasteiger partial charge in [0.2, 0.25) is 5.91 Å². The molecule has 0 heterocycles. The predicted molar refractivity (Wildman–Crippen MR) is 118 cm³/mol. The summed E-state index contributed by atoms with van der Waals surface area (Å²) in [5.74, 6) is -0.164. The molecule has 0 saturated heterocycles. The largest absolute Gasteiger partial charge is 0.370 e. The molecule has 3 nitrogen and oxygen atoms in total. The van der Waals surface area contributed by atoms with Crippen molar-refractivity contribution >= 4 is 22.9 Å². The van der Waals surface area contributed by atoms with Gasteiger partial charge in [0.15, 0.2) is 0 Å². The lowest BCUT2D eigenvalue weighted by Crippen LogP contribution is -2.09. The maximum absolute atomic E-state index is 10.5. The zero-order chi connectivity index (χ0) is 18.3. The van der Waals surface area contributed by atoms with E-state index < -0.39 is 0 Å². The molecule has 0 aromatic carbocycles. The number of allylic oxidation sites excluding steroid dienone is 2. The first-order chi connectivity index (χ1) is 11.7. The molecule has 25 heavy (non-hydrogen) atoms. The Kier molecular flexibility index (Phi) is 33.5. The predicted octanol–water partition coefficient (Wildman–Crippen LogP) is 6.44. The lowest BCUT2D eigenvalue weighted by atomic mass is 10.1. The number of hydrogen-bond acceptors (Lipinski definition) is 2. The molecular weight excluding hydrogens is 376 g/mol. The van der Waals surface area contributed by atoms with Gasteiger partial charge in [0.1, 0.15) is 0 Å². The molecule has 0 aliphatic rings. The quantitative estimate of drug-likeness (QED) is 0.222. The first-order valence-corrected chi connectivity index (χ1v) is 10.3. The van der Waals surface area contributed by atoms with Crippen LogP contribution in [-0.2, 0) is 4.79 Å². The second-order valence-electron chi connectivity index (χ2n) is 6.59. The number of halogens is 1. The average Bonchev–Trinajstić information content (AvgIpc) is 2.58. The Balaban J connectivity index is -0.000000867. The molecular formula is C21H45BrN2O. The maximum atomic E-state index is 10.5. The minimum atomic E-state index is -0.164. The van der Waals surface area contributed by atoms with E-state index in [1.807, 2.05) is 0 Å². The molecule has 0 unspecified atom stereocenters. The number of rotatable bonds is 16. The highest BCUT2D eigenvalue weighted by atomic mass is 79.9. The number of unbranched alkanes of at least 4 members (excludes halogenated alkanes) is 11. The number of carbonyl (C=O) groups excluding carboxylic acids is 1. The monoisotopic (exact) mass is 420 g/mol. The number of carbonyl (C=O) groups is 1. The third-order valence-corrected chi connectivity index (χ3v) is 3.97. The van der Waals surface area contributed by atoms with Crippen molar-refractivity contribution in [3.8, 4) is 0 Å². The Labute approximate surface area is 168 Å². The molecule has 0 rings (SSSR count). The zero-order valence-electron chi connectivity index (χ0n) is 16.9. The molecule has 4 heteroatoms. The van der Waals surface area contributed by atoms with Gasteiger partial charge in [-0.05, 0) is 45.1 Å². The summed E-state index contributed by atoms with van der Waals surface area (Å²) in [4.78, 5) is 10.5. The summed E-state index contributed by atoms with van der Waals surface area (Å²) in [6.07, 6.45) is 23.0. The number of primary amides is 1. The maximum Gasteiger partial charge on any atom is 0.217 e. The van der Waals surface area contributed by atoms with Crippen LogP contribution in [0.1, 0.15) is 110 Å². The summed E-state index contributed by atoms with van der Waals surface area (Å²) >= 11 is 0. The molecule has 0 aromatic heterocycles. The van der Waals surface area contributed by atoms with Gasteiger partial charge >= 0.3 is 0 Å². The fraction of sp³-hybridized carbons (Fsp3) is 0.857. The molecule has 0 aromatic rings. The van der Waals surface area contributed by atoms with E-state index in [4.69, 9.17) is 11.5 Å².